The van der Waals surface area contributed by atoms with Crippen LogP contribution in [0.2, 0.25) is 0 Å². The summed E-state index contributed by atoms with van der Waals surface area (Å²) in [4.78, 5) is 0. The first-order valence-corrected chi connectivity index (χ1v) is 6.12. The predicted octanol–water partition coefficient (Wildman–Crippen LogP) is 4.03. The summed E-state index contributed by atoms with van der Waals surface area (Å²) in [6, 6.07) is 5.84. The molecule has 15 heavy (non-hydrogen) atoms. The number of hydrogen-bond acceptors (Lipinski definition) is 2. The Morgan fingerprint density at radius 2 is 1.60 bits per heavy atom. The van der Waals surface area contributed by atoms with Crippen molar-refractivity contribution in [3.63, 3.8) is 0 Å². The Bertz CT molecular complexity index is 300. The second-order valence-electron chi connectivity index (χ2n) is 3.29. The van der Waals surface area contributed by atoms with E-state index in [0.717, 1.165) is 42.0 Å². The lowest BCUT2D eigenvalue weighted by atomic mass is 10.3. The van der Waals surface area contributed by atoms with E-state index in [2.05, 4.69) is 29.8 Å². The van der Waals surface area contributed by atoms with Gasteiger partial charge in [0.2, 0.25) is 0 Å². The number of halogens is 1. The maximum atomic E-state index is 5.61. The summed E-state index contributed by atoms with van der Waals surface area (Å²) in [6.45, 7) is 5.62. The highest BCUT2D eigenvalue weighted by molar-refractivity contribution is 9.10. The number of hydrogen-bond donors (Lipinski definition) is 0. The van der Waals surface area contributed by atoms with Crippen molar-refractivity contribution in [3.8, 4) is 11.5 Å². The van der Waals surface area contributed by atoms with E-state index in [9.17, 15) is 0 Å². The third-order valence-electron chi connectivity index (χ3n) is 1.83. The molecule has 0 radical (unpaired) electrons. The zero-order valence-electron chi connectivity index (χ0n) is 9.25. The van der Waals surface area contributed by atoms with Gasteiger partial charge in [-0.1, -0.05) is 29.8 Å². The molecule has 84 valence electrons. The molecule has 0 heterocycles. The third-order valence-corrected chi connectivity index (χ3v) is 2.32. The molecule has 0 atom stereocenters. The predicted molar refractivity (Wildman–Crippen MR) is 65.7 cm³/mol. The van der Waals surface area contributed by atoms with Crippen molar-refractivity contribution in [2.45, 2.75) is 26.7 Å². The van der Waals surface area contributed by atoms with Gasteiger partial charge in [-0.2, -0.15) is 0 Å². The average Bonchev–Trinajstić information content (AvgIpc) is 2.25. The lowest BCUT2D eigenvalue weighted by Gasteiger charge is -2.12. The molecule has 0 unspecified atom stereocenters. The zero-order valence-corrected chi connectivity index (χ0v) is 10.8. The molecule has 0 aromatic heterocycles. The average molecular weight is 273 g/mol. The second-order valence-corrected chi connectivity index (χ2v) is 4.20. The minimum atomic E-state index is 0.721. The van der Waals surface area contributed by atoms with Crippen molar-refractivity contribution in [1.29, 1.82) is 0 Å². The molecule has 0 aliphatic carbocycles. The summed E-state index contributed by atoms with van der Waals surface area (Å²) in [7, 11) is 0. The molecule has 2 nitrogen and oxygen atoms in total. The number of rotatable bonds is 6. The highest BCUT2D eigenvalue weighted by Gasteiger charge is 2.05. The van der Waals surface area contributed by atoms with Gasteiger partial charge in [0, 0.05) is 4.47 Å². The number of benzene rings is 1. The minimum absolute atomic E-state index is 0.721. The molecule has 0 amide bonds. The summed E-state index contributed by atoms with van der Waals surface area (Å²) in [5.41, 5.74) is 0. The SMILES string of the molecule is CCCOc1ccc(Br)cc1OCCC. The van der Waals surface area contributed by atoms with Crippen LogP contribution in [0.3, 0.4) is 0 Å². The van der Waals surface area contributed by atoms with Gasteiger partial charge in [0.25, 0.3) is 0 Å². The Balaban J connectivity index is 2.73. The van der Waals surface area contributed by atoms with Gasteiger partial charge in [-0.05, 0) is 31.0 Å². The van der Waals surface area contributed by atoms with Crippen LogP contribution < -0.4 is 9.47 Å². The van der Waals surface area contributed by atoms with E-state index in [0.29, 0.717) is 0 Å². The maximum Gasteiger partial charge on any atom is 0.162 e. The molecule has 3 heteroatoms. The van der Waals surface area contributed by atoms with Gasteiger partial charge in [0.15, 0.2) is 11.5 Å². The second kappa shape index (κ2) is 6.72. The first-order chi connectivity index (χ1) is 7.27. The van der Waals surface area contributed by atoms with Gasteiger partial charge in [0.1, 0.15) is 0 Å². The van der Waals surface area contributed by atoms with Crippen LogP contribution in [0.5, 0.6) is 11.5 Å². The van der Waals surface area contributed by atoms with E-state index in [-0.39, 0.29) is 0 Å². The zero-order chi connectivity index (χ0) is 11.1. The first kappa shape index (κ1) is 12.4. The number of ether oxygens (including phenoxy) is 2. The van der Waals surface area contributed by atoms with Crippen LogP contribution in [0.1, 0.15) is 26.7 Å². The fraction of sp³-hybridized carbons (Fsp3) is 0.500. The van der Waals surface area contributed by atoms with E-state index in [1.807, 2.05) is 18.2 Å². The van der Waals surface area contributed by atoms with Crippen molar-refractivity contribution in [3.05, 3.63) is 22.7 Å². The third kappa shape index (κ3) is 4.12. The monoisotopic (exact) mass is 272 g/mol. The Morgan fingerprint density at radius 1 is 1.00 bits per heavy atom. The van der Waals surface area contributed by atoms with Crippen LogP contribution in [-0.2, 0) is 0 Å². The van der Waals surface area contributed by atoms with Crippen molar-refractivity contribution in [1.82, 2.24) is 0 Å². The molecule has 0 saturated heterocycles. The molecule has 0 fully saturated rings. The Labute approximate surface area is 99.7 Å². The normalized spacial score (nSPS) is 10.1. The molecular formula is C12H17BrO2. The largest absolute Gasteiger partial charge is 0.490 e. The molecule has 0 aliphatic rings. The summed E-state index contributed by atoms with van der Waals surface area (Å²) >= 11 is 3.42. The van der Waals surface area contributed by atoms with Crippen molar-refractivity contribution >= 4 is 15.9 Å². The van der Waals surface area contributed by atoms with E-state index in [1.165, 1.54) is 0 Å². The van der Waals surface area contributed by atoms with Gasteiger partial charge in [-0.15, -0.1) is 0 Å². The lowest BCUT2D eigenvalue weighted by Crippen LogP contribution is -2.01. The minimum Gasteiger partial charge on any atom is -0.490 e. The van der Waals surface area contributed by atoms with Crippen LogP contribution in [0.25, 0.3) is 0 Å². The molecule has 1 aromatic carbocycles. The van der Waals surface area contributed by atoms with E-state index in [4.69, 9.17) is 9.47 Å². The van der Waals surface area contributed by atoms with Crippen LogP contribution in [0.4, 0.5) is 0 Å². The van der Waals surface area contributed by atoms with E-state index < -0.39 is 0 Å². The molecule has 0 bridgehead atoms. The standard InChI is InChI=1S/C12H17BrO2/c1-3-7-14-11-6-5-10(13)9-12(11)15-8-4-2/h5-6,9H,3-4,7-8H2,1-2H3. The van der Waals surface area contributed by atoms with Crippen LogP contribution in [0, 0.1) is 0 Å². The maximum absolute atomic E-state index is 5.61. The van der Waals surface area contributed by atoms with Gasteiger partial charge in [0.05, 0.1) is 13.2 Å². The van der Waals surface area contributed by atoms with Crippen LogP contribution in [-0.4, -0.2) is 13.2 Å². The molecular weight excluding hydrogens is 256 g/mol. The van der Waals surface area contributed by atoms with Crippen LogP contribution >= 0.6 is 15.9 Å². The highest BCUT2D eigenvalue weighted by Crippen LogP contribution is 2.30. The van der Waals surface area contributed by atoms with E-state index in [1.54, 1.807) is 0 Å². The van der Waals surface area contributed by atoms with Crippen molar-refractivity contribution in [2.75, 3.05) is 13.2 Å². The fourth-order valence-electron chi connectivity index (χ4n) is 1.14. The highest BCUT2D eigenvalue weighted by atomic mass is 79.9. The topological polar surface area (TPSA) is 18.5 Å². The van der Waals surface area contributed by atoms with Crippen molar-refractivity contribution < 1.29 is 9.47 Å². The first-order valence-electron chi connectivity index (χ1n) is 5.33. The van der Waals surface area contributed by atoms with E-state index >= 15 is 0 Å². The molecule has 0 N–H and O–H groups in total. The summed E-state index contributed by atoms with van der Waals surface area (Å²) in [5.74, 6) is 1.65. The summed E-state index contributed by atoms with van der Waals surface area (Å²) in [6.07, 6.45) is 2.00. The van der Waals surface area contributed by atoms with Gasteiger partial charge >= 0.3 is 0 Å². The smallest absolute Gasteiger partial charge is 0.162 e. The Hall–Kier alpha value is -0.700. The van der Waals surface area contributed by atoms with Gasteiger partial charge in [-0.3, -0.25) is 0 Å². The Morgan fingerprint density at radius 3 is 2.20 bits per heavy atom. The molecule has 1 aromatic rings. The van der Waals surface area contributed by atoms with Gasteiger partial charge < -0.3 is 9.47 Å². The van der Waals surface area contributed by atoms with Gasteiger partial charge in [-0.25, -0.2) is 0 Å². The van der Waals surface area contributed by atoms with Crippen molar-refractivity contribution in [2.24, 2.45) is 0 Å². The summed E-state index contributed by atoms with van der Waals surface area (Å²) in [5, 5.41) is 0. The van der Waals surface area contributed by atoms with Crippen LogP contribution in [0.15, 0.2) is 22.7 Å². The fourth-order valence-corrected chi connectivity index (χ4v) is 1.48. The summed E-state index contributed by atoms with van der Waals surface area (Å²) < 4.78 is 12.2. The quantitative estimate of drug-likeness (QED) is 0.779. The molecule has 0 spiro atoms. The molecule has 0 aliphatic heterocycles. The molecule has 0 saturated carbocycles. The Kier molecular flexibility index (Phi) is 5.54. The lowest BCUT2D eigenvalue weighted by molar-refractivity contribution is 0.268. The molecule has 1 rings (SSSR count).